The summed E-state index contributed by atoms with van der Waals surface area (Å²) in [4.78, 5) is 11.1. The van der Waals surface area contributed by atoms with Gasteiger partial charge in [0.1, 0.15) is 12.4 Å². The van der Waals surface area contributed by atoms with E-state index in [4.69, 9.17) is 4.74 Å². The van der Waals surface area contributed by atoms with Gasteiger partial charge >= 0.3 is 0 Å². The number of likely N-dealkylation sites (N-methyl/N-ethyl adjacent to an activating group) is 1. The smallest absolute Gasteiger partial charge is 0.223 e. The Morgan fingerprint density at radius 1 is 1.25 bits per heavy atom. The average Bonchev–Trinajstić information content (AvgIpc) is 2.56. The Morgan fingerprint density at radius 2 is 2.04 bits per heavy atom. The number of nitrogens with one attached hydrogen (secondary N) is 1. The number of aliphatic hydroxyl groups excluding tert-OH is 1. The molecule has 6 heteroatoms. The van der Waals surface area contributed by atoms with E-state index in [1.807, 2.05) is 38.5 Å². The first-order valence-corrected chi connectivity index (χ1v) is 8.59. The molecular weight excluding hydrogens is 304 g/mol. The Kier molecular flexibility index (Phi) is 5.48. The molecule has 0 radical (unpaired) electrons. The Bertz CT molecular complexity index is 669. The first-order chi connectivity index (χ1) is 11.6. The SMILES string of the molecule is CN(C)CCOc1ccc2cnc(NC3CCC(O)CC3)nc2c1. The predicted molar refractivity (Wildman–Crippen MR) is 95.5 cm³/mol. The molecule has 0 spiro atoms. The van der Waals surface area contributed by atoms with Crippen molar-refractivity contribution in [3.05, 3.63) is 24.4 Å². The van der Waals surface area contributed by atoms with Crippen molar-refractivity contribution in [2.45, 2.75) is 37.8 Å². The van der Waals surface area contributed by atoms with Crippen molar-refractivity contribution in [3.63, 3.8) is 0 Å². The van der Waals surface area contributed by atoms with Crippen molar-refractivity contribution >= 4 is 16.9 Å². The molecule has 6 nitrogen and oxygen atoms in total. The van der Waals surface area contributed by atoms with Gasteiger partial charge in [0.05, 0.1) is 11.6 Å². The summed E-state index contributed by atoms with van der Waals surface area (Å²) in [5.74, 6) is 1.48. The van der Waals surface area contributed by atoms with E-state index >= 15 is 0 Å². The number of aromatic nitrogens is 2. The number of rotatable bonds is 6. The molecule has 0 amide bonds. The van der Waals surface area contributed by atoms with Gasteiger partial charge < -0.3 is 20.1 Å². The fourth-order valence-electron chi connectivity index (χ4n) is 2.91. The highest BCUT2D eigenvalue weighted by Crippen LogP contribution is 2.23. The number of hydrogen-bond donors (Lipinski definition) is 2. The van der Waals surface area contributed by atoms with Crippen LogP contribution < -0.4 is 10.1 Å². The normalized spacial score (nSPS) is 21.2. The van der Waals surface area contributed by atoms with E-state index in [1.54, 1.807) is 0 Å². The minimum absolute atomic E-state index is 0.151. The lowest BCUT2D eigenvalue weighted by atomic mass is 9.93. The quantitative estimate of drug-likeness (QED) is 0.847. The van der Waals surface area contributed by atoms with Gasteiger partial charge in [-0.1, -0.05) is 0 Å². The zero-order chi connectivity index (χ0) is 16.9. The second kappa shape index (κ2) is 7.77. The minimum Gasteiger partial charge on any atom is -0.492 e. The van der Waals surface area contributed by atoms with Gasteiger partial charge in [-0.2, -0.15) is 0 Å². The van der Waals surface area contributed by atoms with Crippen LogP contribution in [0.1, 0.15) is 25.7 Å². The van der Waals surface area contributed by atoms with E-state index in [-0.39, 0.29) is 6.10 Å². The van der Waals surface area contributed by atoms with Gasteiger partial charge in [-0.05, 0) is 51.9 Å². The molecule has 1 aliphatic carbocycles. The largest absolute Gasteiger partial charge is 0.492 e. The van der Waals surface area contributed by atoms with E-state index in [2.05, 4.69) is 20.2 Å². The number of ether oxygens (including phenoxy) is 1. The van der Waals surface area contributed by atoms with Crippen molar-refractivity contribution < 1.29 is 9.84 Å². The molecule has 1 fully saturated rings. The Labute approximate surface area is 142 Å². The van der Waals surface area contributed by atoms with Crippen LogP contribution in [0.25, 0.3) is 10.9 Å². The van der Waals surface area contributed by atoms with Crippen molar-refractivity contribution in [3.8, 4) is 5.75 Å². The molecule has 0 aliphatic heterocycles. The maximum atomic E-state index is 9.59. The number of benzene rings is 1. The summed E-state index contributed by atoms with van der Waals surface area (Å²) in [6, 6.07) is 6.24. The van der Waals surface area contributed by atoms with Crippen molar-refractivity contribution in [1.29, 1.82) is 0 Å². The van der Waals surface area contributed by atoms with Gasteiger partial charge in [-0.25, -0.2) is 9.97 Å². The topological polar surface area (TPSA) is 70.5 Å². The van der Waals surface area contributed by atoms with Gasteiger partial charge in [0, 0.05) is 30.2 Å². The number of nitrogens with zero attached hydrogens (tertiary/aromatic N) is 3. The minimum atomic E-state index is -0.151. The maximum absolute atomic E-state index is 9.59. The Hall–Kier alpha value is -1.92. The van der Waals surface area contributed by atoms with Crippen LogP contribution in [0, 0.1) is 0 Å². The van der Waals surface area contributed by atoms with Gasteiger partial charge in [0.2, 0.25) is 5.95 Å². The summed E-state index contributed by atoms with van der Waals surface area (Å²) in [7, 11) is 4.05. The molecular formula is C18H26N4O2. The average molecular weight is 330 g/mol. The summed E-state index contributed by atoms with van der Waals surface area (Å²) in [6.07, 6.45) is 5.28. The molecule has 24 heavy (non-hydrogen) atoms. The molecule has 0 atom stereocenters. The fraction of sp³-hybridized carbons (Fsp3) is 0.556. The summed E-state index contributed by atoms with van der Waals surface area (Å²) in [5, 5.41) is 14.0. The van der Waals surface area contributed by atoms with Crippen molar-refractivity contribution in [1.82, 2.24) is 14.9 Å². The second-order valence-electron chi connectivity index (χ2n) is 6.72. The highest BCUT2D eigenvalue weighted by atomic mass is 16.5. The summed E-state index contributed by atoms with van der Waals surface area (Å²) in [5.41, 5.74) is 0.880. The highest BCUT2D eigenvalue weighted by Gasteiger charge is 2.19. The summed E-state index contributed by atoms with van der Waals surface area (Å²) < 4.78 is 5.78. The van der Waals surface area contributed by atoms with E-state index in [9.17, 15) is 5.11 Å². The van der Waals surface area contributed by atoms with Crippen LogP contribution in [0.5, 0.6) is 5.75 Å². The lowest BCUT2D eigenvalue weighted by Crippen LogP contribution is -2.28. The molecule has 0 bridgehead atoms. The first kappa shape index (κ1) is 16.9. The van der Waals surface area contributed by atoms with Crippen molar-refractivity contribution in [2.24, 2.45) is 0 Å². The van der Waals surface area contributed by atoms with Crippen LogP contribution >= 0.6 is 0 Å². The van der Waals surface area contributed by atoms with Gasteiger partial charge in [-0.15, -0.1) is 0 Å². The third kappa shape index (κ3) is 4.55. The van der Waals surface area contributed by atoms with Gasteiger partial charge in [0.15, 0.2) is 0 Å². The van der Waals surface area contributed by atoms with Crippen LogP contribution in [0.4, 0.5) is 5.95 Å². The summed E-state index contributed by atoms with van der Waals surface area (Å²) >= 11 is 0. The van der Waals surface area contributed by atoms with Crippen LogP contribution in [0.2, 0.25) is 0 Å². The highest BCUT2D eigenvalue weighted by molar-refractivity contribution is 5.80. The summed E-state index contributed by atoms with van der Waals surface area (Å²) in [6.45, 7) is 1.53. The Balaban J connectivity index is 1.67. The van der Waals surface area contributed by atoms with E-state index in [0.717, 1.165) is 48.9 Å². The molecule has 1 aromatic heterocycles. The van der Waals surface area contributed by atoms with Gasteiger partial charge in [0.25, 0.3) is 0 Å². The molecule has 0 unspecified atom stereocenters. The van der Waals surface area contributed by atoms with E-state index in [0.29, 0.717) is 18.6 Å². The maximum Gasteiger partial charge on any atom is 0.223 e. The van der Waals surface area contributed by atoms with Crippen molar-refractivity contribution in [2.75, 3.05) is 32.6 Å². The molecule has 1 aromatic carbocycles. The fourth-order valence-corrected chi connectivity index (χ4v) is 2.91. The zero-order valence-electron chi connectivity index (χ0n) is 14.4. The number of fused-ring (bicyclic) bond motifs is 1. The van der Waals surface area contributed by atoms with Gasteiger partial charge in [-0.3, -0.25) is 0 Å². The third-order valence-electron chi connectivity index (χ3n) is 4.39. The zero-order valence-corrected chi connectivity index (χ0v) is 14.4. The van der Waals surface area contributed by atoms with E-state index in [1.165, 1.54) is 0 Å². The van der Waals surface area contributed by atoms with Crippen LogP contribution in [0.3, 0.4) is 0 Å². The van der Waals surface area contributed by atoms with E-state index < -0.39 is 0 Å². The predicted octanol–water partition coefficient (Wildman–Crippen LogP) is 2.29. The molecule has 3 rings (SSSR count). The number of hydrogen-bond acceptors (Lipinski definition) is 6. The first-order valence-electron chi connectivity index (χ1n) is 8.59. The number of aliphatic hydroxyl groups is 1. The monoisotopic (exact) mass is 330 g/mol. The second-order valence-corrected chi connectivity index (χ2v) is 6.72. The standard InChI is InChI=1S/C18H26N4O2/c1-22(2)9-10-24-16-8-3-13-12-19-18(21-17(13)11-16)20-14-4-6-15(23)7-5-14/h3,8,11-12,14-15,23H,4-7,9-10H2,1-2H3,(H,19,20,21). The molecule has 2 N–H and O–H groups in total. The molecule has 1 heterocycles. The molecule has 1 saturated carbocycles. The van der Waals surface area contributed by atoms with Crippen LogP contribution in [-0.2, 0) is 0 Å². The third-order valence-corrected chi connectivity index (χ3v) is 4.39. The molecule has 0 saturated heterocycles. The molecule has 130 valence electrons. The Morgan fingerprint density at radius 3 is 2.79 bits per heavy atom. The van der Waals surface area contributed by atoms with Crippen LogP contribution in [-0.4, -0.2) is 59.4 Å². The lowest BCUT2D eigenvalue weighted by molar-refractivity contribution is 0.126. The van der Waals surface area contributed by atoms with Crippen LogP contribution in [0.15, 0.2) is 24.4 Å². The lowest BCUT2D eigenvalue weighted by Gasteiger charge is -2.26. The molecule has 1 aliphatic rings. The molecule has 2 aromatic rings. The number of anilines is 1.